The molecule has 0 bridgehead atoms. The number of anilines is 1. The van der Waals surface area contributed by atoms with E-state index in [9.17, 15) is 13.2 Å². The summed E-state index contributed by atoms with van der Waals surface area (Å²) in [6.07, 6.45) is 1.72. The number of methoxy groups -OCH3 is 1. The summed E-state index contributed by atoms with van der Waals surface area (Å²) in [6, 6.07) is 12.3. The molecule has 164 valence electrons. The second-order valence-electron chi connectivity index (χ2n) is 6.75. The van der Waals surface area contributed by atoms with Crippen LogP contribution in [0.5, 0.6) is 11.5 Å². The van der Waals surface area contributed by atoms with Crippen LogP contribution in [0.2, 0.25) is 5.02 Å². The fourth-order valence-electron chi connectivity index (χ4n) is 2.84. The van der Waals surface area contributed by atoms with Gasteiger partial charge in [0.1, 0.15) is 18.1 Å². The van der Waals surface area contributed by atoms with Gasteiger partial charge in [0.15, 0.2) is 0 Å². The summed E-state index contributed by atoms with van der Waals surface area (Å²) in [7, 11) is -1.92. The summed E-state index contributed by atoms with van der Waals surface area (Å²) in [4.78, 5) is 12.1. The number of amides is 1. The summed E-state index contributed by atoms with van der Waals surface area (Å²) in [5.74, 6) is 1.19. The highest BCUT2D eigenvalue weighted by Crippen LogP contribution is 2.26. The summed E-state index contributed by atoms with van der Waals surface area (Å²) < 4.78 is 36.4. The predicted octanol–water partition coefficient (Wildman–Crippen LogP) is 3.40. The molecule has 0 heterocycles. The van der Waals surface area contributed by atoms with E-state index in [0.717, 1.165) is 11.8 Å². The second kappa shape index (κ2) is 11.1. The number of sulfonamides is 1. The van der Waals surface area contributed by atoms with Crippen LogP contribution in [0.4, 0.5) is 5.69 Å². The molecule has 2 aromatic rings. The van der Waals surface area contributed by atoms with Gasteiger partial charge in [-0.1, -0.05) is 23.7 Å². The van der Waals surface area contributed by atoms with Gasteiger partial charge in [0.2, 0.25) is 15.9 Å². The molecule has 0 aliphatic heterocycles. The molecule has 2 rings (SSSR count). The first kappa shape index (κ1) is 23.8. The third-order valence-corrected chi connectivity index (χ3v) is 5.75. The Morgan fingerprint density at radius 3 is 2.60 bits per heavy atom. The molecule has 0 radical (unpaired) electrons. The van der Waals surface area contributed by atoms with Gasteiger partial charge >= 0.3 is 0 Å². The van der Waals surface area contributed by atoms with Crippen molar-refractivity contribution in [3.8, 4) is 11.5 Å². The smallest absolute Gasteiger partial charge is 0.232 e. The Hall–Kier alpha value is -2.45. The van der Waals surface area contributed by atoms with E-state index in [1.54, 1.807) is 31.4 Å². The number of carbonyl (C=O) groups excluding carboxylic acids is 1. The van der Waals surface area contributed by atoms with Crippen LogP contribution in [0.15, 0.2) is 42.5 Å². The molecule has 0 saturated heterocycles. The molecule has 1 N–H and O–H groups in total. The van der Waals surface area contributed by atoms with Crippen LogP contribution in [0.1, 0.15) is 18.4 Å². The fourth-order valence-corrected chi connectivity index (χ4v) is 4.02. The standard InChI is InChI=1S/C21H27ClN2O5S/c1-16-9-10-17(22)14-20(16)24(30(3,26)27)12-5-8-21(25)23-11-13-29-19-7-4-6-18(15-19)28-2/h4,6-7,9-10,14-15H,5,8,11-13H2,1-3H3,(H,23,25). The van der Waals surface area contributed by atoms with Crippen LogP contribution < -0.4 is 19.1 Å². The number of halogens is 1. The van der Waals surface area contributed by atoms with Crippen LogP contribution in [0, 0.1) is 6.92 Å². The maximum absolute atomic E-state index is 12.2. The molecule has 2 aromatic carbocycles. The zero-order valence-electron chi connectivity index (χ0n) is 17.4. The number of hydrogen-bond acceptors (Lipinski definition) is 5. The van der Waals surface area contributed by atoms with Crippen LogP contribution in [-0.4, -0.2) is 47.4 Å². The number of hydrogen-bond donors (Lipinski definition) is 1. The molecule has 0 unspecified atom stereocenters. The van der Waals surface area contributed by atoms with Gasteiger partial charge in [0, 0.05) is 24.1 Å². The van der Waals surface area contributed by atoms with E-state index >= 15 is 0 Å². The third kappa shape index (κ3) is 7.42. The fraction of sp³-hybridized carbons (Fsp3) is 0.381. The van der Waals surface area contributed by atoms with Crippen molar-refractivity contribution in [2.75, 3.05) is 37.4 Å². The van der Waals surface area contributed by atoms with Crippen LogP contribution in [0.3, 0.4) is 0 Å². The molecular formula is C21H27ClN2O5S. The molecular weight excluding hydrogens is 428 g/mol. The van der Waals surface area contributed by atoms with Crippen molar-refractivity contribution in [3.05, 3.63) is 53.1 Å². The second-order valence-corrected chi connectivity index (χ2v) is 9.09. The predicted molar refractivity (Wildman–Crippen MR) is 119 cm³/mol. The lowest BCUT2D eigenvalue weighted by atomic mass is 10.2. The van der Waals surface area contributed by atoms with Gasteiger partial charge in [0.05, 0.1) is 25.6 Å². The number of nitrogens with zero attached hydrogens (tertiary/aromatic N) is 1. The summed E-state index contributed by atoms with van der Waals surface area (Å²) in [5.41, 5.74) is 1.32. The quantitative estimate of drug-likeness (QED) is 0.526. The lowest BCUT2D eigenvalue weighted by molar-refractivity contribution is -0.121. The van der Waals surface area contributed by atoms with Gasteiger partial charge in [-0.05, 0) is 43.2 Å². The zero-order valence-corrected chi connectivity index (χ0v) is 18.9. The Balaban J connectivity index is 1.79. The Labute approximate surface area is 183 Å². The molecule has 30 heavy (non-hydrogen) atoms. The van der Waals surface area contributed by atoms with Crippen molar-refractivity contribution < 1.29 is 22.7 Å². The first-order valence-electron chi connectivity index (χ1n) is 9.48. The average Bonchev–Trinajstić information content (AvgIpc) is 2.70. The molecule has 0 atom stereocenters. The van der Waals surface area contributed by atoms with E-state index in [1.807, 2.05) is 25.1 Å². The molecule has 0 aromatic heterocycles. The molecule has 0 fully saturated rings. The molecule has 0 saturated carbocycles. The topological polar surface area (TPSA) is 84.9 Å². The Morgan fingerprint density at radius 1 is 1.17 bits per heavy atom. The molecule has 0 spiro atoms. The van der Waals surface area contributed by atoms with Crippen molar-refractivity contribution >= 4 is 33.2 Å². The van der Waals surface area contributed by atoms with Gasteiger partial charge in [-0.3, -0.25) is 9.10 Å². The largest absolute Gasteiger partial charge is 0.497 e. The van der Waals surface area contributed by atoms with Crippen LogP contribution in [-0.2, 0) is 14.8 Å². The number of aryl methyl sites for hydroxylation is 1. The summed E-state index contributed by atoms with van der Waals surface area (Å²) in [6.45, 7) is 2.67. The van der Waals surface area contributed by atoms with Crippen LogP contribution in [0.25, 0.3) is 0 Å². The third-order valence-electron chi connectivity index (χ3n) is 4.34. The first-order valence-corrected chi connectivity index (χ1v) is 11.7. The maximum Gasteiger partial charge on any atom is 0.232 e. The highest BCUT2D eigenvalue weighted by Gasteiger charge is 2.19. The molecule has 9 heteroatoms. The van der Waals surface area contributed by atoms with Crippen molar-refractivity contribution in [1.29, 1.82) is 0 Å². The van der Waals surface area contributed by atoms with Crippen molar-refractivity contribution in [2.45, 2.75) is 19.8 Å². The number of nitrogens with one attached hydrogen (secondary N) is 1. The van der Waals surface area contributed by atoms with E-state index in [-0.39, 0.29) is 18.9 Å². The highest BCUT2D eigenvalue weighted by molar-refractivity contribution is 7.92. The lowest BCUT2D eigenvalue weighted by Crippen LogP contribution is -2.33. The minimum absolute atomic E-state index is 0.166. The molecule has 0 aliphatic rings. The maximum atomic E-state index is 12.2. The number of rotatable bonds is 11. The zero-order chi connectivity index (χ0) is 22.1. The molecule has 1 amide bonds. The van der Waals surface area contributed by atoms with Crippen molar-refractivity contribution in [1.82, 2.24) is 5.32 Å². The van der Waals surface area contributed by atoms with Gasteiger partial charge in [-0.2, -0.15) is 0 Å². The van der Waals surface area contributed by atoms with Gasteiger partial charge in [-0.15, -0.1) is 0 Å². The van der Waals surface area contributed by atoms with Gasteiger partial charge in [-0.25, -0.2) is 8.42 Å². The number of benzene rings is 2. The van der Waals surface area contributed by atoms with Crippen LogP contribution >= 0.6 is 11.6 Å². The Bertz CT molecular complexity index is 966. The lowest BCUT2D eigenvalue weighted by Gasteiger charge is -2.24. The minimum Gasteiger partial charge on any atom is -0.497 e. The van der Waals surface area contributed by atoms with Crippen molar-refractivity contribution in [2.24, 2.45) is 0 Å². The van der Waals surface area contributed by atoms with E-state index in [4.69, 9.17) is 21.1 Å². The summed E-state index contributed by atoms with van der Waals surface area (Å²) in [5, 5.41) is 3.23. The summed E-state index contributed by atoms with van der Waals surface area (Å²) >= 11 is 6.02. The Kier molecular flexibility index (Phi) is 8.80. The monoisotopic (exact) mass is 454 g/mol. The van der Waals surface area contributed by atoms with Gasteiger partial charge in [0.25, 0.3) is 0 Å². The SMILES string of the molecule is COc1cccc(OCCNC(=O)CCCN(c2cc(Cl)ccc2C)S(C)(=O)=O)c1. The number of ether oxygens (including phenoxy) is 2. The van der Waals surface area contributed by atoms with E-state index in [0.29, 0.717) is 41.8 Å². The first-order chi connectivity index (χ1) is 14.2. The molecule has 0 aliphatic carbocycles. The van der Waals surface area contributed by atoms with E-state index in [2.05, 4.69) is 5.32 Å². The normalized spacial score (nSPS) is 11.1. The van der Waals surface area contributed by atoms with E-state index in [1.165, 1.54) is 4.31 Å². The molecule has 7 nitrogen and oxygen atoms in total. The highest BCUT2D eigenvalue weighted by atomic mass is 35.5. The number of carbonyl (C=O) groups is 1. The Morgan fingerprint density at radius 2 is 1.90 bits per heavy atom. The van der Waals surface area contributed by atoms with Crippen molar-refractivity contribution in [3.63, 3.8) is 0 Å². The van der Waals surface area contributed by atoms with E-state index < -0.39 is 10.0 Å². The van der Waals surface area contributed by atoms with Gasteiger partial charge < -0.3 is 14.8 Å². The average molecular weight is 455 g/mol. The minimum atomic E-state index is -3.50.